The molecule has 4 nitrogen and oxygen atoms in total. The molecule has 102 valence electrons. The number of aromatic nitrogens is 1. The number of nitrogens with zero attached hydrogens (tertiary/aromatic N) is 1. The summed E-state index contributed by atoms with van der Waals surface area (Å²) in [6.45, 7) is 0.504. The minimum atomic E-state index is 0.152. The zero-order chi connectivity index (χ0) is 13.4. The van der Waals surface area contributed by atoms with Crippen molar-refractivity contribution in [3.05, 3.63) is 28.5 Å². The zero-order valence-electron chi connectivity index (χ0n) is 10.7. The van der Waals surface area contributed by atoms with E-state index in [0.29, 0.717) is 24.4 Å². The van der Waals surface area contributed by atoms with Crippen LogP contribution in [0.25, 0.3) is 0 Å². The predicted octanol–water partition coefficient (Wildman–Crippen LogP) is 1.83. The monoisotopic (exact) mass is 323 g/mol. The third-order valence-corrected chi connectivity index (χ3v) is 4.95. The van der Waals surface area contributed by atoms with Crippen molar-refractivity contribution in [3.63, 3.8) is 0 Å². The first kappa shape index (κ1) is 13.1. The van der Waals surface area contributed by atoms with E-state index >= 15 is 0 Å². The molecule has 0 radical (unpaired) electrons. The molecule has 19 heavy (non-hydrogen) atoms. The largest absolute Gasteiger partial charge is 0.350 e. The lowest BCUT2D eigenvalue weighted by atomic mass is 9.72. The summed E-state index contributed by atoms with van der Waals surface area (Å²) in [5, 5.41) is 2.99. The summed E-state index contributed by atoms with van der Waals surface area (Å²) < 4.78 is 0.948. The Kier molecular flexibility index (Phi) is 3.58. The van der Waals surface area contributed by atoms with Gasteiger partial charge in [-0.1, -0.05) is 0 Å². The predicted molar refractivity (Wildman–Crippen MR) is 76.1 cm³/mol. The maximum absolute atomic E-state index is 12.1. The number of halogens is 1. The highest BCUT2D eigenvalue weighted by atomic mass is 79.9. The SMILES string of the molecule is N[C@@H]1C[C@@H]2CC(C(=O)NCc3ccc(Br)cn3)C[C@@H]21. The molecule has 3 rings (SSSR count). The third kappa shape index (κ3) is 2.67. The molecule has 1 amide bonds. The Bertz CT molecular complexity index is 476. The van der Waals surface area contributed by atoms with E-state index in [1.54, 1.807) is 6.20 Å². The quantitative estimate of drug-likeness (QED) is 0.891. The number of carbonyl (C=O) groups is 1. The molecule has 3 N–H and O–H groups in total. The number of hydrogen-bond acceptors (Lipinski definition) is 3. The van der Waals surface area contributed by atoms with Gasteiger partial charge in [-0.15, -0.1) is 0 Å². The summed E-state index contributed by atoms with van der Waals surface area (Å²) in [6, 6.07) is 4.18. The number of fused-ring (bicyclic) bond motifs is 1. The van der Waals surface area contributed by atoms with Gasteiger partial charge >= 0.3 is 0 Å². The number of nitrogens with one attached hydrogen (secondary N) is 1. The van der Waals surface area contributed by atoms with Crippen molar-refractivity contribution in [3.8, 4) is 0 Å². The van der Waals surface area contributed by atoms with Crippen LogP contribution in [0.4, 0.5) is 0 Å². The van der Waals surface area contributed by atoms with E-state index in [1.165, 1.54) is 0 Å². The molecule has 0 bridgehead atoms. The molecule has 1 heterocycles. The van der Waals surface area contributed by atoms with E-state index in [1.807, 2.05) is 12.1 Å². The van der Waals surface area contributed by atoms with Gasteiger partial charge in [0.25, 0.3) is 0 Å². The molecule has 2 aliphatic carbocycles. The van der Waals surface area contributed by atoms with Gasteiger partial charge in [-0.2, -0.15) is 0 Å². The normalized spacial score (nSPS) is 32.5. The summed E-state index contributed by atoms with van der Waals surface area (Å²) in [7, 11) is 0. The highest BCUT2D eigenvalue weighted by Crippen LogP contribution is 2.48. The van der Waals surface area contributed by atoms with Crippen LogP contribution in [-0.4, -0.2) is 16.9 Å². The molecule has 5 heteroatoms. The molecular formula is C14H18BrN3O. The van der Waals surface area contributed by atoms with Crippen LogP contribution in [0.2, 0.25) is 0 Å². The maximum atomic E-state index is 12.1. The smallest absolute Gasteiger partial charge is 0.223 e. The molecule has 2 fully saturated rings. The minimum Gasteiger partial charge on any atom is -0.350 e. The van der Waals surface area contributed by atoms with Gasteiger partial charge in [0.05, 0.1) is 12.2 Å². The van der Waals surface area contributed by atoms with Gasteiger partial charge in [0.15, 0.2) is 0 Å². The van der Waals surface area contributed by atoms with Crippen LogP contribution in [-0.2, 0) is 11.3 Å². The lowest BCUT2D eigenvalue weighted by Gasteiger charge is -2.37. The molecule has 0 saturated heterocycles. The molecule has 1 aromatic heterocycles. The Labute approximate surface area is 121 Å². The van der Waals surface area contributed by atoms with Crippen molar-refractivity contribution in [1.29, 1.82) is 0 Å². The van der Waals surface area contributed by atoms with Crippen molar-refractivity contribution in [2.45, 2.75) is 31.8 Å². The average molecular weight is 324 g/mol. The molecule has 4 atom stereocenters. The van der Waals surface area contributed by atoms with Gasteiger partial charge in [-0.05, 0) is 59.2 Å². The van der Waals surface area contributed by atoms with Gasteiger partial charge < -0.3 is 11.1 Å². The second kappa shape index (κ2) is 5.21. The van der Waals surface area contributed by atoms with E-state index in [2.05, 4.69) is 26.2 Å². The topological polar surface area (TPSA) is 68.0 Å². The van der Waals surface area contributed by atoms with Crippen molar-refractivity contribution in [2.24, 2.45) is 23.5 Å². The molecule has 2 aliphatic rings. The minimum absolute atomic E-state index is 0.152. The fraction of sp³-hybridized carbons (Fsp3) is 0.571. The van der Waals surface area contributed by atoms with Gasteiger partial charge in [0.2, 0.25) is 5.91 Å². The molecule has 0 aromatic carbocycles. The molecule has 0 spiro atoms. The summed E-state index contributed by atoms with van der Waals surface area (Å²) in [4.78, 5) is 16.4. The first-order valence-electron chi connectivity index (χ1n) is 6.77. The van der Waals surface area contributed by atoms with Crippen LogP contribution in [0.1, 0.15) is 25.0 Å². The van der Waals surface area contributed by atoms with Crippen molar-refractivity contribution in [2.75, 3.05) is 0 Å². The van der Waals surface area contributed by atoms with E-state index < -0.39 is 0 Å². The Morgan fingerprint density at radius 3 is 2.89 bits per heavy atom. The molecular weight excluding hydrogens is 306 g/mol. The maximum Gasteiger partial charge on any atom is 0.223 e. The summed E-state index contributed by atoms with van der Waals surface area (Å²) in [5.74, 6) is 1.59. The number of carbonyl (C=O) groups excluding carboxylic acids is 1. The molecule has 2 saturated carbocycles. The van der Waals surface area contributed by atoms with Gasteiger partial charge in [0.1, 0.15) is 0 Å². The van der Waals surface area contributed by atoms with Crippen LogP contribution >= 0.6 is 15.9 Å². The third-order valence-electron chi connectivity index (χ3n) is 4.48. The summed E-state index contributed by atoms with van der Waals surface area (Å²) in [5.41, 5.74) is 6.84. The Morgan fingerprint density at radius 2 is 2.26 bits per heavy atom. The average Bonchev–Trinajstić information content (AvgIpc) is 2.75. The highest BCUT2D eigenvalue weighted by molar-refractivity contribution is 9.10. The van der Waals surface area contributed by atoms with Gasteiger partial charge in [-0.25, -0.2) is 0 Å². The van der Waals surface area contributed by atoms with E-state index in [4.69, 9.17) is 5.73 Å². The van der Waals surface area contributed by atoms with Crippen LogP contribution in [0.5, 0.6) is 0 Å². The fourth-order valence-corrected chi connectivity index (χ4v) is 3.56. The Balaban J connectivity index is 1.50. The standard InChI is InChI=1S/C14H18BrN3O/c15-10-1-2-11(17-6-10)7-18-14(19)9-3-8-5-13(16)12(8)4-9/h1-2,6,8-9,12-13H,3-5,7,16H2,(H,18,19)/t8-,9?,12-,13+/m0/s1. The highest BCUT2D eigenvalue weighted by Gasteiger charge is 2.47. The van der Waals surface area contributed by atoms with E-state index in [9.17, 15) is 4.79 Å². The number of pyridine rings is 1. The first-order valence-corrected chi connectivity index (χ1v) is 7.56. The molecule has 1 unspecified atom stereocenters. The van der Waals surface area contributed by atoms with Crippen molar-refractivity contribution >= 4 is 21.8 Å². The van der Waals surface area contributed by atoms with Crippen LogP contribution in [0, 0.1) is 17.8 Å². The summed E-state index contributed by atoms with van der Waals surface area (Å²) in [6.07, 6.45) is 4.82. The number of rotatable bonds is 3. The van der Waals surface area contributed by atoms with Crippen LogP contribution in [0.3, 0.4) is 0 Å². The number of nitrogens with two attached hydrogens (primary N) is 1. The Morgan fingerprint density at radius 1 is 1.42 bits per heavy atom. The number of hydrogen-bond donors (Lipinski definition) is 2. The van der Waals surface area contributed by atoms with Crippen LogP contribution < -0.4 is 11.1 Å². The summed E-state index contributed by atoms with van der Waals surface area (Å²) >= 11 is 3.34. The lowest BCUT2D eigenvalue weighted by molar-refractivity contribution is -0.125. The van der Waals surface area contributed by atoms with Crippen molar-refractivity contribution < 1.29 is 4.79 Å². The van der Waals surface area contributed by atoms with Crippen LogP contribution in [0.15, 0.2) is 22.8 Å². The first-order chi connectivity index (χ1) is 9.13. The number of amides is 1. The van der Waals surface area contributed by atoms with Gasteiger partial charge in [-0.3, -0.25) is 9.78 Å². The second-order valence-electron chi connectivity index (χ2n) is 5.68. The van der Waals surface area contributed by atoms with Gasteiger partial charge in [0, 0.05) is 22.6 Å². The lowest BCUT2D eigenvalue weighted by Crippen LogP contribution is -2.44. The Hall–Kier alpha value is -0.940. The zero-order valence-corrected chi connectivity index (χ0v) is 12.3. The second-order valence-corrected chi connectivity index (χ2v) is 6.59. The fourth-order valence-electron chi connectivity index (χ4n) is 3.33. The van der Waals surface area contributed by atoms with E-state index in [-0.39, 0.29) is 11.8 Å². The van der Waals surface area contributed by atoms with Crippen molar-refractivity contribution in [1.82, 2.24) is 10.3 Å². The molecule has 1 aromatic rings. The van der Waals surface area contributed by atoms with E-state index in [0.717, 1.165) is 29.4 Å². The molecule has 0 aliphatic heterocycles.